The Kier molecular flexibility index (Phi) is 13.6. The van der Waals surface area contributed by atoms with Crippen LogP contribution in [0.4, 0.5) is 0 Å². The van der Waals surface area contributed by atoms with Crippen LogP contribution in [0.15, 0.2) is 0 Å². The lowest BCUT2D eigenvalue weighted by molar-refractivity contribution is -0.165. The van der Waals surface area contributed by atoms with Gasteiger partial charge in [-0.05, 0) is 38.8 Å². The van der Waals surface area contributed by atoms with Gasteiger partial charge in [0, 0.05) is 6.42 Å². The Hall–Kier alpha value is -2.21. The molecular formula is C17H30N4O7. The van der Waals surface area contributed by atoms with Crippen molar-refractivity contribution in [2.75, 3.05) is 13.1 Å². The monoisotopic (exact) mass is 402 g/mol. The van der Waals surface area contributed by atoms with Gasteiger partial charge in [-0.2, -0.15) is 0 Å². The molecule has 0 spiro atoms. The summed E-state index contributed by atoms with van der Waals surface area (Å²) >= 11 is 0. The van der Waals surface area contributed by atoms with Crippen LogP contribution in [-0.2, 0) is 33.4 Å². The molecule has 11 heteroatoms. The smallest absolute Gasteiger partial charge is 0.382 e. The predicted octanol–water partition coefficient (Wildman–Crippen LogP) is -1.61. The van der Waals surface area contributed by atoms with Crippen molar-refractivity contribution in [3.63, 3.8) is 0 Å². The van der Waals surface area contributed by atoms with Crippen LogP contribution in [0.2, 0.25) is 0 Å². The first-order valence-corrected chi connectivity index (χ1v) is 9.17. The summed E-state index contributed by atoms with van der Waals surface area (Å²) in [5, 5.41) is 0. The minimum atomic E-state index is -1.42. The highest BCUT2D eigenvalue weighted by Gasteiger charge is 2.25. The molecular weight excluding hydrogens is 372 g/mol. The summed E-state index contributed by atoms with van der Waals surface area (Å²) in [7, 11) is 0. The fourth-order valence-corrected chi connectivity index (χ4v) is 2.03. The third kappa shape index (κ3) is 11.5. The molecule has 0 aromatic rings. The second-order valence-electron chi connectivity index (χ2n) is 6.21. The number of ether oxygens (including phenoxy) is 2. The summed E-state index contributed by atoms with van der Waals surface area (Å²) in [5.74, 6) is -5.49. The van der Waals surface area contributed by atoms with Gasteiger partial charge in [0.15, 0.2) is 0 Å². The average molecular weight is 402 g/mol. The summed E-state index contributed by atoms with van der Waals surface area (Å²) in [4.78, 5) is 58.0. The first-order chi connectivity index (χ1) is 13.2. The molecule has 0 unspecified atom stereocenters. The molecule has 0 bridgehead atoms. The van der Waals surface area contributed by atoms with Crippen LogP contribution in [0.5, 0.6) is 0 Å². The molecule has 28 heavy (non-hydrogen) atoms. The van der Waals surface area contributed by atoms with E-state index in [0.29, 0.717) is 45.2 Å². The average Bonchev–Trinajstić information content (AvgIpc) is 2.65. The third-order valence-electron chi connectivity index (χ3n) is 3.74. The Bertz CT molecular complexity index is 554. The Morgan fingerprint density at radius 3 is 1.61 bits per heavy atom. The molecule has 0 saturated carbocycles. The zero-order valence-corrected chi connectivity index (χ0v) is 15.9. The van der Waals surface area contributed by atoms with Crippen molar-refractivity contribution in [2.24, 2.45) is 22.9 Å². The standard InChI is InChI=1S/C17H30N4O7/c18-9-3-1-5-11(20)15(24)27-14(23)8-7-13(22)17(26)28-16(25)12(21)6-2-4-10-19/h11-12H,1-10,18-21H2/t11-,12-/m0/s1. The molecule has 0 heterocycles. The van der Waals surface area contributed by atoms with E-state index < -0.39 is 54.6 Å². The van der Waals surface area contributed by atoms with Gasteiger partial charge in [-0.25, -0.2) is 14.4 Å². The summed E-state index contributed by atoms with van der Waals surface area (Å²) in [6.07, 6.45) is 1.97. The van der Waals surface area contributed by atoms with Crippen molar-refractivity contribution in [2.45, 2.75) is 63.5 Å². The van der Waals surface area contributed by atoms with E-state index in [1.165, 1.54) is 0 Å². The van der Waals surface area contributed by atoms with E-state index in [2.05, 4.69) is 9.47 Å². The number of ketones is 1. The maximum atomic E-state index is 11.6. The van der Waals surface area contributed by atoms with E-state index in [4.69, 9.17) is 22.9 Å². The Morgan fingerprint density at radius 2 is 1.14 bits per heavy atom. The predicted molar refractivity (Wildman–Crippen MR) is 98.2 cm³/mol. The van der Waals surface area contributed by atoms with Crippen molar-refractivity contribution in [3.8, 4) is 0 Å². The summed E-state index contributed by atoms with van der Waals surface area (Å²) in [6, 6.07) is -2.03. The van der Waals surface area contributed by atoms with Crippen LogP contribution in [0, 0.1) is 0 Å². The zero-order chi connectivity index (χ0) is 21.5. The van der Waals surface area contributed by atoms with Crippen molar-refractivity contribution in [3.05, 3.63) is 0 Å². The van der Waals surface area contributed by atoms with Crippen LogP contribution in [0.1, 0.15) is 51.4 Å². The molecule has 0 saturated heterocycles. The van der Waals surface area contributed by atoms with Crippen molar-refractivity contribution in [1.82, 2.24) is 0 Å². The van der Waals surface area contributed by atoms with E-state index in [1.54, 1.807) is 0 Å². The Labute approximate surface area is 163 Å². The quantitative estimate of drug-likeness (QED) is 0.112. The minimum Gasteiger partial charge on any atom is -0.392 e. The Morgan fingerprint density at radius 1 is 0.679 bits per heavy atom. The molecule has 0 aromatic carbocycles. The lowest BCUT2D eigenvalue weighted by Gasteiger charge is -2.10. The van der Waals surface area contributed by atoms with Gasteiger partial charge in [0.2, 0.25) is 5.78 Å². The van der Waals surface area contributed by atoms with Crippen LogP contribution in [-0.4, -0.2) is 54.8 Å². The van der Waals surface area contributed by atoms with Crippen molar-refractivity contribution in [1.29, 1.82) is 0 Å². The Balaban J connectivity index is 4.20. The van der Waals surface area contributed by atoms with Crippen LogP contribution >= 0.6 is 0 Å². The number of nitrogens with two attached hydrogens (primary N) is 4. The molecule has 2 atom stereocenters. The highest BCUT2D eigenvalue weighted by atomic mass is 16.6. The minimum absolute atomic E-state index is 0.261. The lowest BCUT2D eigenvalue weighted by Crippen LogP contribution is -2.36. The van der Waals surface area contributed by atoms with Crippen molar-refractivity contribution < 1.29 is 33.4 Å². The second kappa shape index (κ2) is 14.8. The number of hydrogen-bond acceptors (Lipinski definition) is 11. The maximum absolute atomic E-state index is 11.6. The molecule has 0 aliphatic rings. The molecule has 0 fully saturated rings. The molecule has 0 aromatic heterocycles. The molecule has 0 amide bonds. The van der Waals surface area contributed by atoms with Gasteiger partial charge < -0.3 is 32.4 Å². The first-order valence-electron chi connectivity index (χ1n) is 9.17. The van der Waals surface area contributed by atoms with E-state index in [9.17, 15) is 24.0 Å². The van der Waals surface area contributed by atoms with Crippen molar-refractivity contribution >= 4 is 29.7 Å². The largest absolute Gasteiger partial charge is 0.392 e. The molecule has 0 radical (unpaired) electrons. The summed E-state index contributed by atoms with van der Waals surface area (Å²) in [5.41, 5.74) is 21.8. The summed E-state index contributed by atoms with van der Waals surface area (Å²) < 4.78 is 8.89. The highest BCUT2D eigenvalue weighted by Crippen LogP contribution is 2.04. The van der Waals surface area contributed by atoms with Gasteiger partial charge in [0.25, 0.3) is 0 Å². The molecule has 0 aliphatic heterocycles. The second-order valence-corrected chi connectivity index (χ2v) is 6.21. The normalized spacial score (nSPS) is 12.7. The fourth-order valence-electron chi connectivity index (χ4n) is 2.03. The summed E-state index contributed by atoms with van der Waals surface area (Å²) in [6.45, 7) is 0.899. The fraction of sp³-hybridized carbons (Fsp3) is 0.706. The lowest BCUT2D eigenvalue weighted by atomic mass is 10.1. The van der Waals surface area contributed by atoms with Gasteiger partial charge in [0.05, 0.1) is 6.42 Å². The number of unbranched alkanes of at least 4 members (excludes halogenated alkanes) is 2. The SMILES string of the molecule is NCCCC[C@H](N)C(=O)OC(=O)CCC(=O)C(=O)OC(=O)[C@@H](N)CCCCN. The maximum Gasteiger partial charge on any atom is 0.382 e. The number of rotatable bonds is 14. The van der Waals surface area contributed by atoms with Gasteiger partial charge in [-0.3, -0.25) is 9.59 Å². The zero-order valence-electron chi connectivity index (χ0n) is 15.9. The van der Waals surface area contributed by atoms with Crippen LogP contribution in [0.25, 0.3) is 0 Å². The molecule has 0 rings (SSSR count). The highest BCUT2D eigenvalue weighted by molar-refractivity contribution is 6.35. The first kappa shape index (κ1) is 25.8. The van der Waals surface area contributed by atoms with E-state index >= 15 is 0 Å². The number of carbonyl (C=O) groups excluding carboxylic acids is 5. The number of carbonyl (C=O) groups is 5. The molecule has 0 aliphatic carbocycles. The third-order valence-corrected chi connectivity index (χ3v) is 3.74. The van der Waals surface area contributed by atoms with E-state index in [0.717, 1.165) is 0 Å². The molecule has 160 valence electrons. The van der Waals surface area contributed by atoms with Crippen LogP contribution in [0.3, 0.4) is 0 Å². The number of Topliss-reactive ketones (excluding diaryl/α,β-unsaturated/α-hetero) is 1. The van der Waals surface area contributed by atoms with Gasteiger partial charge in [0.1, 0.15) is 12.1 Å². The number of hydrogen-bond donors (Lipinski definition) is 4. The van der Waals surface area contributed by atoms with Crippen LogP contribution < -0.4 is 22.9 Å². The number of esters is 4. The topological polar surface area (TPSA) is 208 Å². The molecule has 11 nitrogen and oxygen atoms in total. The van der Waals surface area contributed by atoms with Gasteiger partial charge in [-0.15, -0.1) is 0 Å². The van der Waals surface area contributed by atoms with E-state index in [1.807, 2.05) is 0 Å². The van der Waals surface area contributed by atoms with E-state index in [-0.39, 0.29) is 6.42 Å². The van der Waals surface area contributed by atoms with Gasteiger partial charge in [-0.1, -0.05) is 12.8 Å². The molecule has 8 N–H and O–H groups in total. The van der Waals surface area contributed by atoms with Gasteiger partial charge >= 0.3 is 23.9 Å².